The molecule has 0 amide bonds. The number of fused-ring (bicyclic) bond motifs is 1. The van der Waals surface area contributed by atoms with Crippen LogP contribution in [0.3, 0.4) is 0 Å². The van der Waals surface area contributed by atoms with Gasteiger partial charge in [-0.15, -0.1) is 0 Å². The maximum absolute atomic E-state index is 12.7. The minimum Gasteiger partial charge on any atom is -0.508 e. The highest BCUT2D eigenvalue weighted by Crippen LogP contribution is 2.33. The fourth-order valence-corrected chi connectivity index (χ4v) is 2.73. The Morgan fingerprint density at radius 2 is 1.78 bits per heavy atom. The Labute approximate surface area is 153 Å². The first-order valence-corrected chi connectivity index (χ1v) is 8.26. The molecule has 6 heteroatoms. The van der Waals surface area contributed by atoms with Crippen molar-refractivity contribution in [3.05, 3.63) is 75.5 Å². The van der Waals surface area contributed by atoms with Crippen molar-refractivity contribution in [1.29, 1.82) is 0 Å². The van der Waals surface area contributed by atoms with Crippen molar-refractivity contribution in [1.82, 2.24) is 0 Å². The van der Waals surface area contributed by atoms with E-state index in [2.05, 4.69) is 0 Å². The minimum atomic E-state index is -4.44. The standard InChI is InChI=1S/C21H17F3O3/c1-12(2)3-8-15-17(25)10-9-16-18(26)11-19(27-20(15)16)13-4-6-14(7-5-13)21(22,23)24/h3-7,9-11,25H,8H2,1-2H3. The summed E-state index contributed by atoms with van der Waals surface area (Å²) < 4.78 is 44.0. The van der Waals surface area contributed by atoms with E-state index in [0.29, 0.717) is 22.9 Å². The van der Waals surface area contributed by atoms with Crippen LogP contribution in [0.5, 0.6) is 5.75 Å². The lowest BCUT2D eigenvalue weighted by Gasteiger charge is -2.10. The molecule has 140 valence electrons. The second-order valence-corrected chi connectivity index (χ2v) is 6.48. The van der Waals surface area contributed by atoms with Gasteiger partial charge in [-0.2, -0.15) is 13.2 Å². The quantitative estimate of drug-likeness (QED) is 0.599. The van der Waals surface area contributed by atoms with E-state index >= 15 is 0 Å². The number of halogens is 3. The molecule has 0 radical (unpaired) electrons. The van der Waals surface area contributed by atoms with Crippen LogP contribution in [-0.2, 0) is 12.6 Å². The normalized spacial score (nSPS) is 11.6. The van der Waals surface area contributed by atoms with Gasteiger partial charge < -0.3 is 9.52 Å². The van der Waals surface area contributed by atoms with Crippen molar-refractivity contribution in [2.75, 3.05) is 0 Å². The molecule has 1 heterocycles. The zero-order chi connectivity index (χ0) is 19.8. The number of rotatable bonds is 3. The average molecular weight is 374 g/mol. The van der Waals surface area contributed by atoms with E-state index in [9.17, 15) is 23.1 Å². The molecule has 0 saturated carbocycles. The van der Waals surface area contributed by atoms with E-state index < -0.39 is 11.7 Å². The first-order chi connectivity index (χ1) is 12.7. The third kappa shape index (κ3) is 3.89. The minimum absolute atomic E-state index is 0.00674. The topological polar surface area (TPSA) is 50.4 Å². The van der Waals surface area contributed by atoms with Crippen molar-refractivity contribution in [2.45, 2.75) is 26.4 Å². The van der Waals surface area contributed by atoms with Crippen LogP contribution in [0.1, 0.15) is 25.0 Å². The molecule has 2 aromatic carbocycles. The van der Waals surface area contributed by atoms with E-state index in [0.717, 1.165) is 17.7 Å². The van der Waals surface area contributed by atoms with Crippen LogP contribution in [0.4, 0.5) is 13.2 Å². The van der Waals surface area contributed by atoms with Crippen molar-refractivity contribution < 1.29 is 22.7 Å². The van der Waals surface area contributed by atoms with Crippen LogP contribution in [0.2, 0.25) is 0 Å². The van der Waals surface area contributed by atoms with Crippen molar-refractivity contribution in [3.63, 3.8) is 0 Å². The van der Waals surface area contributed by atoms with Gasteiger partial charge in [0, 0.05) is 17.2 Å². The summed E-state index contributed by atoms with van der Waals surface area (Å²) in [6, 6.07) is 8.53. The molecule has 0 unspecified atom stereocenters. The van der Waals surface area contributed by atoms with Crippen LogP contribution in [0.25, 0.3) is 22.3 Å². The lowest BCUT2D eigenvalue weighted by atomic mass is 10.0. The van der Waals surface area contributed by atoms with Crippen molar-refractivity contribution in [3.8, 4) is 17.1 Å². The monoisotopic (exact) mass is 374 g/mol. The molecule has 0 aliphatic rings. The Kier molecular flexibility index (Phi) is 4.83. The number of allylic oxidation sites excluding steroid dienone is 2. The van der Waals surface area contributed by atoms with Gasteiger partial charge in [-0.1, -0.05) is 23.8 Å². The van der Waals surface area contributed by atoms with E-state index in [-0.39, 0.29) is 22.5 Å². The van der Waals surface area contributed by atoms with E-state index in [1.807, 2.05) is 19.9 Å². The third-order valence-electron chi connectivity index (χ3n) is 4.19. The fourth-order valence-electron chi connectivity index (χ4n) is 2.73. The molecule has 0 spiro atoms. The second kappa shape index (κ2) is 6.95. The molecule has 0 saturated heterocycles. The molecule has 0 aliphatic carbocycles. The van der Waals surface area contributed by atoms with Gasteiger partial charge in [-0.3, -0.25) is 4.79 Å². The Hall–Kier alpha value is -3.02. The molecule has 3 rings (SSSR count). The zero-order valence-electron chi connectivity index (χ0n) is 14.7. The lowest BCUT2D eigenvalue weighted by molar-refractivity contribution is -0.137. The maximum atomic E-state index is 12.7. The SMILES string of the molecule is CC(C)=CCc1c(O)ccc2c(=O)cc(-c3ccc(C(F)(F)F)cc3)oc12. The zero-order valence-corrected chi connectivity index (χ0v) is 14.7. The van der Waals surface area contributed by atoms with Crippen LogP contribution in [0, 0.1) is 0 Å². The van der Waals surface area contributed by atoms with Gasteiger partial charge in [0.25, 0.3) is 0 Å². The molecular formula is C21H17F3O3. The van der Waals surface area contributed by atoms with Crippen LogP contribution in [0.15, 0.2) is 63.3 Å². The highest BCUT2D eigenvalue weighted by atomic mass is 19.4. The number of aromatic hydroxyl groups is 1. The summed E-state index contributed by atoms with van der Waals surface area (Å²) in [5.41, 5.74) is 0.960. The lowest BCUT2D eigenvalue weighted by Crippen LogP contribution is -2.05. The summed E-state index contributed by atoms with van der Waals surface area (Å²) in [4.78, 5) is 12.5. The van der Waals surface area contributed by atoms with Crippen LogP contribution >= 0.6 is 0 Å². The van der Waals surface area contributed by atoms with Gasteiger partial charge in [0.2, 0.25) is 0 Å². The van der Waals surface area contributed by atoms with Gasteiger partial charge in [0.15, 0.2) is 5.43 Å². The molecule has 0 aliphatic heterocycles. The Bertz CT molecular complexity index is 1070. The summed E-state index contributed by atoms with van der Waals surface area (Å²) in [5.74, 6) is 0.137. The van der Waals surface area contributed by atoms with Crippen molar-refractivity contribution >= 4 is 11.0 Å². The first-order valence-electron chi connectivity index (χ1n) is 8.26. The van der Waals surface area contributed by atoms with Gasteiger partial charge in [-0.25, -0.2) is 0 Å². The molecule has 1 N–H and O–H groups in total. The summed E-state index contributed by atoms with van der Waals surface area (Å²) in [6.07, 6.45) is -2.18. The average Bonchev–Trinajstić information content (AvgIpc) is 2.60. The molecule has 3 aromatic rings. The maximum Gasteiger partial charge on any atom is 0.416 e. The Balaban J connectivity index is 2.16. The van der Waals surface area contributed by atoms with Gasteiger partial charge >= 0.3 is 6.18 Å². The van der Waals surface area contributed by atoms with Gasteiger partial charge in [0.05, 0.1) is 10.9 Å². The molecule has 27 heavy (non-hydrogen) atoms. The first kappa shape index (κ1) is 18.8. The molecule has 0 fully saturated rings. The van der Waals surface area contributed by atoms with Crippen LogP contribution < -0.4 is 5.43 Å². The van der Waals surface area contributed by atoms with E-state index in [1.54, 1.807) is 0 Å². The van der Waals surface area contributed by atoms with E-state index in [1.165, 1.54) is 30.3 Å². The number of hydrogen-bond donors (Lipinski definition) is 1. The van der Waals surface area contributed by atoms with Crippen molar-refractivity contribution in [2.24, 2.45) is 0 Å². The second-order valence-electron chi connectivity index (χ2n) is 6.48. The summed E-state index contributed by atoms with van der Waals surface area (Å²) >= 11 is 0. The predicted molar refractivity (Wildman–Crippen MR) is 97.7 cm³/mol. The summed E-state index contributed by atoms with van der Waals surface area (Å²) in [5, 5.41) is 10.5. The predicted octanol–water partition coefficient (Wildman–Crippen LogP) is 5.69. The smallest absolute Gasteiger partial charge is 0.416 e. The molecule has 0 atom stereocenters. The molecule has 1 aromatic heterocycles. The Morgan fingerprint density at radius 1 is 1.11 bits per heavy atom. The Morgan fingerprint density at radius 3 is 2.37 bits per heavy atom. The van der Waals surface area contributed by atoms with Gasteiger partial charge in [0.1, 0.15) is 17.1 Å². The molecule has 0 bridgehead atoms. The highest BCUT2D eigenvalue weighted by molar-refractivity contribution is 5.84. The number of phenols is 1. The number of phenolic OH excluding ortho intramolecular Hbond substituents is 1. The summed E-state index contributed by atoms with van der Waals surface area (Å²) in [7, 11) is 0. The van der Waals surface area contributed by atoms with Gasteiger partial charge in [-0.05, 0) is 44.5 Å². The van der Waals surface area contributed by atoms with Crippen LogP contribution in [-0.4, -0.2) is 5.11 Å². The number of benzene rings is 2. The molecular weight excluding hydrogens is 357 g/mol. The largest absolute Gasteiger partial charge is 0.508 e. The highest BCUT2D eigenvalue weighted by Gasteiger charge is 2.30. The fraction of sp³-hybridized carbons (Fsp3) is 0.190. The number of hydrogen-bond acceptors (Lipinski definition) is 3. The number of alkyl halides is 3. The molecule has 3 nitrogen and oxygen atoms in total. The van der Waals surface area contributed by atoms with E-state index in [4.69, 9.17) is 4.42 Å². The summed E-state index contributed by atoms with van der Waals surface area (Å²) in [6.45, 7) is 3.82. The third-order valence-corrected chi connectivity index (χ3v) is 4.19.